The van der Waals surface area contributed by atoms with Crippen LogP contribution in [0.5, 0.6) is 0 Å². The summed E-state index contributed by atoms with van der Waals surface area (Å²) in [7, 11) is 12.1. The van der Waals surface area contributed by atoms with Crippen molar-refractivity contribution in [2.45, 2.75) is 12.2 Å². The standard InChI is InChI=1S/2C6H15ClNO.2ClH/c2*1-8(2,3)5-6(9)4-7;;/h2*6,9H,4-5H2,1-3H3;2*1H/q2*+1;;/p-2. The monoisotopic (exact) mass is 374 g/mol. The molecule has 0 aromatic carbocycles. The van der Waals surface area contributed by atoms with E-state index in [0.717, 1.165) is 8.97 Å². The largest absolute Gasteiger partial charge is 1.00 e. The summed E-state index contributed by atoms with van der Waals surface area (Å²) in [6.45, 7) is 1.42. The lowest BCUT2D eigenvalue weighted by Crippen LogP contribution is -3.00. The molecular weight excluding hydrogens is 346 g/mol. The lowest BCUT2D eigenvalue weighted by molar-refractivity contribution is -0.873. The van der Waals surface area contributed by atoms with E-state index in [1.807, 2.05) is 42.3 Å². The Balaban J connectivity index is -0.000000116. The van der Waals surface area contributed by atoms with Crippen molar-refractivity contribution in [3.8, 4) is 0 Å². The smallest absolute Gasteiger partial charge is 0.116 e. The molecule has 0 radical (unpaired) electrons. The number of likely N-dealkylation sites (N-methyl/N-ethyl adjacent to an activating group) is 2. The molecule has 0 bridgehead atoms. The third kappa shape index (κ3) is 27.4. The predicted molar refractivity (Wildman–Crippen MR) is 79.3 cm³/mol. The van der Waals surface area contributed by atoms with Gasteiger partial charge in [-0.2, -0.15) is 0 Å². The van der Waals surface area contributed by atoms with Crippen LogP contribution >= 0.6 is 23.2 Å². The van der Waals surface area contributed by atoms with Gasteiger partial charge in [0.05, 0.1) is 54.0 Å². The molecule has 0 amide bonds. The summed E-state index contributed by atoms with van der Waals surface area (Å²) in [6, 6.07) is 0. The van der Waals surface area contributed by atoms with E-state index < -0.39 is 0 Å². The molecule has 0 aromatic heterocycles. The Morgan fingerprint density at radius 1 is 0.700 bits per heavy atom. The maximum atomic E-state index is 9.05. The van der Waals surface area contributed by atoms with Gasteiger partial charge in [0, 0.05) is 0 Å². The van der Waals surface area contributed by atoms with Crippen LogP contribution in [0.4, 0.5) is 0 Å². The number of hydrogen-bond donors (Lipinski definition) is 2. The molecule has 0 fully saturated rings. The lowest BCUT2D eigenvalue weighted by Gasteiger charge is -2.25. The molecule has 2 atom stereocenters. The minimum Gasteiger partial charge on any atom is -1.00 e. The molecule has 0 heterocycles. The van der Waals surface area contributed by atoms with Crippen molar-refractivity contribution >= 4 is 23.2 Å². The van der Waals surface area contributed by atoms with Crippen LogP contribution in [0.1, 0.15) is 0 Å². The minimum absolute atomic E-state index is 0. The van der Waals surface area contributed by atoms with Crippen LogP contribution in [0.25, 0.3) is 0 Å². The van der Waals surface area contributed by atoms with E-state index in [0.29, 0.717) is 24.8 Å². The van der Waals surface area contributed by atoms with Gasteiger partial charge in [-0.05, 0) is 0 Å². The zero-order valence-corrected chi connectivity index (χ0v) is 16.3. The molecule has 0 aromatic rings. The maximum absolute atomic E-state index is 9.05. The summed E-state index contributed by atoms with van der Waals surface area (Å²) in [4.78, 5) is 0. The summed E-state index contributed by atoms with van der Waals surface area (Å²) in [5.74, 6) is 0.658. The topological polar surface area (TPSA) is 40.5 Å². The molecule has 4 nitrogen and oxygen atoms in total. The highest BCUT2D eigenvalue weighted by molar-refractivity contribution is 6.18. The zero-order chi connectivity index (χ0) is 15.0. The molecule has 0 saturated carbocycles. The van der Waals surface area contributed by atoms with E-state index in [1.54, 1.807) is 0 Å². The Labute approximate surface area is 146 Å². The van der Waals surface area contributed by atoms with E-state index in [-0.39, 0.29) is 37.0 Å². The molecule has 0 aliphatic carbocycles. The van der Waals surface area contributed by atoms with Gasteiger partial charge < -0.3 is 44.0 Å². The fourth-order valence-corrected chi connectivity index (χ4v) is 1.56. The third-order valence-electron chi connectivity index (χ3n) is 1.87. The second kappa shape index (κ2) is 13.6. The molecule has 0 rings (SSSR count). The van der Waals surface area contributed by atoms with Crippen LogP contribution in [0.3, 0.4) is 0 Å². The van der Waals surface area contributed by atoms with Crippen LogP contribution in [0.2, 0.25) is 0 Å². The van der Waals surface area contributed by atoms with Gasteiger partial charge >= 0.3 is 0 Å². The summed E-state index contributed by atoms with van der Waals surface area (Å²) in [6.07, 6.45) is -0.738. The second-order valence-electron chi connectivity index (χ2n) is 6.56. The van der Waals surface area contributed by atoms with Gasteiger partial charge in [0.25, 0.3) is 0 Å². The number of alkyl halides is 2. The Bertz CT molecular complexity index is 187. The van der Waals surface area contributed by atoms with Gasteiger partial charge in [-0.3, -0.25) is 0 Å². The lowest BCUT2D eigenvalue weighted by atomic mass is 10.3. The van der Waals surface area contributed by atoms with E-state index >= 15 is 0 Å². The summed E-state index contributed by atoms with van der Waals surface area (Å²) >= 11 is 10.8. The molecular formula is C12H30Cl4N2O2. The fourth-order valence-electron chi connectivity index (χ4n) is 1.36. The highest BCUT2D eigenvalue weighted by Crippen LogP contribution is 1.96. The summed E-state index contributed by atoms with van der Waals surface area (Å²) in [5, 5.41) is 18.1. The Kier molecular flexibility index (Phi) is 19.8. The SMILES string of the molecule is C[N+](C)(C)CC(O)CCl.C[N+](C)(C)CC(O)CCl.[Cl-].[Cl-]. The van der Waals surface area contributed by atoms with Crippen molar-refractivity contribution in [3.05, 3.63) is 0 Å². The Morgan fingerprint density at radius 2 is 0.900 bits per heavy atom. The van der Waals surface area contributed by atoms with Crippen molar-refractivity contribution in [1.29, 1.82) is 0 Å². The van der Waals surface area contributed by atoms with Crippen LogP contribution in [-0.2, 0) is 0 Å². The normalized spacial score (nSPS) is 14.1. The van der Waals surface area contributed by atoms with Crippen molar-refractivity contribution in [2.75, 3.05) is 67.1 Å². The van der Waals surface area contributed by atoms with Gasteiger partial charge in [-0.1, -0.05) is 0 Å². The highest BCUT2D eigenvalue weighted by atomic mass is 35.5. The van der Waals surface area contributed by atoms with Crippen LogP contribution in [0.15, 0.2) is 0 Å². The van der Waals surface area contributed by atoms with Gasteiger partial charge in [-0.15, -0.1) is 23.2 Å². The molecule has 8 heteroatoms. The Hall–Kier alpha value is 1.00. The van der Waals surface area contributed by atoms with Crippen LogP contribution in [0, 0.1) is 0 Å². The van der Waals surface area contributed by atoms with Crippen molar-refractivity contribution in [3.63, 3.8) is 0 Å². The fraction of sp³-hybridized carbons (Fsp3) is 1.00. The zero-order valence-electron chi connectivity index (χ0n) is 13.3. The van der Waals surface area contributed by atoms with E-state index in [9.17, 15) is 0 Å². The summed E-state index contributed by atoms with van der Waals surface area (Å²) in [5.41, 5.74) is 0. The second-order valence-corrected chi connectivity index (χ2v) is 7.18. The van der Waals surface area contributed by atoms with E-state index in [1.165, 1.54) is 0 Å². The van der Waals surface area contributed by atoms with Gasteiger partial charge in [0.2, 0.25) is 0 Å². The first-order valence-electron chi connectivity index (χ1n) is 6.00. The Morgan fingerprint density at radius 3 is 0.950 bits per heavy atom. The van der Waals surface area contributed by atoms with Gasteiger partial charge in [-0.25, -0.2) is 0 Å². The molecule has 2 N–H and O–H groups in total. The molecule has 20 heavy (non-hydrogen) atoms. The van der Waals surface area contributed by atoms with Gasteiger partial charge in [0.1, 0.15) is 25.3 Å². The van der Waals surface area contributed by atoms with E-state index in [4.69, 9.17) is 33.4 Å². The average molecular weight is 376 g/mol. The molecule has 0 aliphatic heterocycles. The first kappa shape index (κ1) is 29.1. The number of halogens is 4. The van der Waals surface area contributed by atoms with Crippen LogP contribution in [-0.4, -0.2) is 98.5 Å². The van der Waals surface area contributed by atoms with E-state index in [2.05, 4.69) is 0 Å². The number of aliphatic hydroxyl groups excluding tert-OH is 2. The predicted octanol–water partition coefficient (Wildman–Crippen LogP) is -5.41. The first-order valence-corrected chi connectivity index (χ1v) is 7.07. The quantitative estimate of drug-likeness (QED) is 0.359. The molecule has 0 saturated heterocycles. The summed E-state index contributed by atoms with van der Waals surface area (Å²) < 4.78 is 1.52. The van der Waals surface area contributed by atoms with Crippen LogP contribution < -0.4 is 24.8 Å². The number of nitrogens with zero attached hydrogens (tertiary/aromatic N) is 2. The number of rotatable bonds is 6. The van der Waals surface area contributed by atoms with Gasteiger partial charge in [0.15, 0.2) is 0 Å². The van der Waals surface area contributed by atoms with Crippen molar-refractivity contribution in [1.82, 2.24) is 0 Å². The molecule has 0 aliphatic rings. The van der Waals surface area contributed by atoms with Crippen molar-refractivity contribution < 1.29 is 44.0 Å². The third-order valence-corrected chi connectivity index (χ3v) is 2.59. The first-order chi connectivity index (χ1) is 7.91. The molecule has 2 unspecified atom stereocenters. The van der Waals surface area contributed by atoms with Crippen molar-refractivity contribution in [2.24, 2.45) is 0 Å². The number of quaternary nitrogens is 2. The molecule has 0 spiro atoms. The number of hydrogen-bond acceptors (Lipinski definition) is 2. The maximum Gasteiger partial charge on any atom is 0.116 e. The highest BCUT2D eigenvalue weighted by Gasteiger charge is 2.13. The molecule has 128 valence electrons. The number of aliphatic hydroxyl groups is 2. The average Bonchev–Trinajstić information content (AvgIpc) is 2.13. The minimum atomic E-state index is -0.369.